The minimum Gasteiger partial charge on any atom is -0.326 e. The molecule has 0 radical (unpaired) electrons. The second kappa shape index (κ2) is 5.56. The van der Waals surface area contributed by atoms with Crippen molar-refractivity contribution >= 4 is 5.69 Å². The van der Waals surface area contributed by atoms with Crippen LogP contribution in [0.15, 0.2) is 36.4 Å². The van der Waals surface area contributed by atoms with E-state index in [1.165, 1.54) is 0 Å². The molecule has 0 atom stereocenters. The largest absolute Gasteiger partial charge is 0.326 e. The third-order valence-electron chi connectivity index (χ3n) is 3.12. The van der Waals surface area contributed by atoms with Gasteiger partial charge in [-0.05, 0) is 32.4 Å². The first-order chi connectivity index (χ1) is 9.09. The van der Waals surface area contributed by atoms with Gasteiger partial charge in [-0.3, -0.25) is 14.8 Å². The van der Waals surface area contributed by atoms with Gasteiger partial charge in [-0.2, -0.15) is 0 Å². The van der Waals surface area contributed by atoms with Crippen LogP contribution in [-0.2, 0) is 6.42 Å². The minimum absolute atomic E-state index is 0.185. The molecule has 5 nitrogen and oxygen atoms in total. The van der Waals surface area contributed by atoms with Gasteiger partial charge in [0, 0.05) is 29.6 Å². The van der Waals surface area contributed by atoms with E-state index in [9.17, 15) is 10.1 Å². The second-order valence-electron chi connectivity index (χ2n) is 4.50. The highest BCUT2D eigenvalue weighted by molar-refractivity contribution is 5.40. The van der Waals surface area contributed by atoms with Crippen molar-refractivity contribution in [3.8, 4) is 0 Å². The van der Waals surface area contributed by atoms with Crippen LogP contribution in [0.2, 0.25) is 0 Å². The molecule has 0 aliphatic rings. The average molecular weight is 259 g/mol. The topological polar surface area (TPSA) is 60.1 Å². The molecule has 0 amide bonds. The molecule has 5 heteroatoms. The fourth-order valence-electron chi connectivity index (χ4n) is 2.12. The number of para-hydroxylation sites is 1. The first kappa shape index (κ1) is 13.1. The van der Waals surface area contributed by atoms with Crippen LogP contribution in [0.5, 0.6) is 0 Å². The van der Waals surface area contributed by atoms with E-state index in [0.29, 0.717) is 13.0 Å². The highest BCUT2D eigenvalue weighted by Crippen LogP contribution is 2.17. The Kier molecular flexibility index (Phi) is 3.85. The number of nitrogens with one attached hydrogen (secondary N) is 1. The summed E-state index contributed by atoms with van der Waals surface area (Å²) in [7, 11) is 0. The Hall–Kier alpha value is -2.30. The van der Waals surface area contributed by atoms with Crippen molar-refractivity contribution in [2.24, 2.45) is 0 Å². The molecule has 100 valence electrons. The monoisotopic (exact) mass is 259 g/mol. The number of nitro groups is 1. The van der Waals surface area contributed by atoms with Gasteiger partial charge in [0.05, 0.1) is 4.92 Å². The van der Waals surface area contributed by atoms with Crippen LogP contribution in [0.1, 0.15) is 17.0 Å². The van der Waals surface area contributed by atoms with Crippen molar-refractivity contribution in [2.45, 2.75) is 20.3 Å². The number of nitro benzene ring substituents is 1. The van der Waals surface area contributed by atoms with E-state index in [0.717, 1.165) is 17.0 Å². The summed E-state index contributed by atoms with van der Waals surface area (Å²) in [5.41, 5.74) is 6.46. The highest BCUT2D eigenvalue weighted by Gasteiger charge is 2.11. The lowest BCUT2D eigenvalue weighted by Crippen LogP contribution is -2.20. The third kappa shape index (κ3) is 2.93. The molecule has 1 aromatic carbocycles. The molecule has 0 saturated heterocycles. The molecule has 0 bridgehead atoms. The quantitative estimate of drug-likeness (QED) is 0.663. The van der Waals surface area contributed by atoms with Crippen LogP contribution in [0, 0.1) is 24.0 Å². The van der Waals surface area contributed by atoms with E-state index in [1.807, 2.05) is 36.7 Å². The van der Waals surface area contributed by atoms with Crippen molar-refractivity contribution in [2.75, 3.05) is 12.0 Å². The smallest absolute Gasteiger partial charge is 0.272 e. The molecule has 19 heavy (non-hydrogen) atoms. The van der Waals surface area contributed by atoms with Crippen LogP contribution in [0.4, 0.5) is 5.69 Å². The first-order valence-electron chi connectivity index (χ1n) is 6.20. The molecule has 0 fully saturated rings. The molecular weight excluding hydrogens is 242 g/mol. The van der Waals surface area contributed by atoms with Crippen molar-refractivity contribution in [1.82, 2.24) is 4.68 Å². The summed E-state index contributed by atoms with van der Waals surface area (Å²) in [6, 6.07) is 10.9. The summed E-state index contributed by atoms with van der Waals surface area (Å²) in [5.74, 6) is 0. The average Bonchev–Trinajstić information content (AvgIpc) is 2.70. The lowest BCUT2D eigenvalue weighted by atomic mass is 10.1. The molecule has 2 aromatic rings. The molecule has 1 heterocycles. The predicted octanol–water partition coefficient (Wildman–Crippen LogP) is 2.80. The van der Waals surface area contributed by atoms with Crippen LogP contribution in [-0.4, -0.2) is 16.1 Å². The summed E-state index contributed by atoms with van der Waals surface area (Å²) < 4.78 is 1.99. The van der Waals surface area contributed by atoms with Crippen LogP contribution in [0.25, 0.3) is 0 Å². The Balaban J connectivity index is 2.02. The molecular formula is C14H17N3O2. The van der Waals surface area contributed by atoms with E-state index < -0.39 is 0 Å². The molecule has 0 spiro atoms. The molecule has 0 aliphatic carbocycles. The predicted molar refractivity (Wildman–Crippen MR) is 74.9 cm³/mol. The lowest BCUT2D eigenvalue weighted by molar-refractivity contribution is -0.385. The zero-order chi connectivity index (χ0) is 13.8. The maximum atomic E-state index is 10.9. The summed E-state index contributed by atoms with van der Waals surface area (Å²) in [5, 5.41) is 10.9. The number of hydrogen-bond donors (Lipinski definition) is 1. The van der Waals surface area contributed by atoms with Gasteiger partial charge in [0.1, 0.15) is 0 Å². The number of aromatic nitrogens is 1. The Labute approximate surface area is 112 Å². The molecule has 0 saturated carbocycles. The first-order valence-corrected chi connectivity index (χ1v) is 6.20. The van der Waals surface area contributed by atoms with E-state index in [2.05, 4.69) is 5.43 Å². The van der Waals surface area contributed by atoms with Gasteiger partial charge in [0.25, 0.3) is 5.69 Å². The van der Waals surface area contributed by atoms with Gasteiger partial charge in [-0.15, -0.1) is 0 Å². The van der Waals surface area contributed by atoms with Crippen LogP contribution >= 0.6 is 0 Å². The molecule has 1 N–H and O–H groups in total. The zero-order valence-corrected chi connectivity index (χ0v) is 11.1. The third-order valence-corrected chi connectivity index (χ3v) is 3.12. The SMILES string of the molecule is Cc1ccc(C)n1NCCc1ccccc1[N+](=O)[O-]. The number of benzene rings is 1. The Morgan fingerprint density at radius 3 is 2.42 bits per heavy atom. The van der Waals surface area contributed by atoms with Crippen LogP contribution in [0.3, 0.4) is 0 Å². The van der Waals surface area contributed by atoms with Crippen molar-refractivity contribution in [3.63, 3.8) is 0 Å². The van der Waals surface area contributed by atoms with Gasteiger partial charge < -0.3 is 5.43 Å². The standard InChI is InChI=1S/C14H17N3O2/c1-11-7-8-12(2)16(11)15-10-9-13-5-3-4-6-14(13)17(18)19/h3-8,15H,9-10H2,1-2H3. The second-order valence-corrected chi connectivity index (χ2v) is 4.50. The summed E-state index contributed by atoms with van der Waals surface area (Å²) in [6.45, 7) is 4.69. The van der Waals surface area contributed by atoms with Gasteiger partial charge >= 0.3 is 0 Å². The molecule has 1 aromatic heterocycles. The zero-order valence-electron chi connectivity index (χ0n) is 11.1. The maximum absolute atomic E-state index is 10.9. The fraction of sp³-hybridized carbons (Fsp3) is 0.286. The normalized spacial score (nSPS) is 10.4. The van der Waals surface area contributed by atoms with E-state index >= 15 is 0 Å². The van der Waals surface area contributed by atoms with Gasteiger partial charge in [-0.25, -0.2) is 0 Å². The summed E-state index contributed by atoms with van der Waals surface area (Å²) in [4.78, 5) is 10.6. The van der Waals surface area contributed by atoms with Gasteiger partial charge in [0.15, 0.2) is 0 Å². The Bertz CT molecular complexity index is 571. The number of rotatable bonds is 5. The van der Waals surface area contributed by atoms with Crippen LogP contribution < -0.4 is 5.43 Å². The maximum Gasteiger partial charge on any atom is 0.272 e. The minimum atomic E-state index is -0.332. The van der Waals surface area contributed by atoms with E-state index in [-0.39, 0.29) is 10.6 Å². The van der Waals surface area contributed by atoms with Gasteiger partial charge in [-0.1, -0.05) is 18.2 Å². The van der Waals surface area contributed by atoms with E-state index in [1.54, 1.807) is 18.2 Å². The Morgan fingerprint density at radius 2 is 1.79 bits per heavy atom. The Morgan fingerprint density at radius 1 is 1.16 bits per heavy atom. The summed E-state index contributed by atoms with van der Waals surface area (Å²) in [6.07, 6.45) is 0.619. The fourth-order valence-corrected chi connectivity index (χ4v) is 2.12. The molecule has 0 unspecified atom stereocenters. The lowest BCUT2D eigenvalue weighted by Gasteiger charge is -2.12. The molecule has 0 aliphatic heterocycles. The van der Waals surface area contributed by atoms with Crippen molar-refractivity contribution in [1.29, 1.82) is 0 Å². The van der Waals surface area contributed by atoms with Crippen molar-refractivity contribution in [3.05, 3.63) is 63.5 Å². The summed E-state index contributed by atoms with van der Waals surface area (Å²) >= 11 is 0. The van der Waals surface area contributed by atoms with Gasteiger partial charge in [0.2, 0.25) is 0 Å². The van der Waals surface area contributed by atoms with Crippen molar-refractivity contribution < 1.29 is 4.92 Å². The highest BCUT2D eigenvalue weighted by atomic mass is 16.6. The van der Waals surface area contributed by atoms with E-state index in [4.69, 9.17) is 0 Å². The number of nitrogens with zero attached hydrogens (tertiary/aromatic N) is 2. The molecule has 2 rings (SSSR count). The number of hydrogen-bond acceptors (Lipinski definition) is 3. The number of aryl methyl sites for hydroxylation is 2.